The van der Waals surface area contributed by atoms with E-state index < -0.39 is 6.29 Å². The lowest BCUT2D eigenvalue weighted by Crippen LogP contribution is -2.44. The number of esters is 1. The molecular formula is C6H10O4. The number of carbonyl (C=O) groups is 1. The summed E-state index contributed by atoms with van der Waals surface area (Å²) in [5.41, 5.74) is 0. The smallest absolute Gasteiger partial charge is 0.312 e. The van der Waals surface area contributed by atoms with Crippen LogP contribution in [0.3, 0.4) is 0 Å². The molecule has 1 rings (SSSR count). The van der Waals surface area contributed by atoms with Crippen LogP contribution in [-0.2, 0) is 9.53 Å². The first-order valence-corrected chi connectivity index (χ1v) is 3.18. The Labute approximate surface area is 58.4 Å². The molecule has 0 aromatic heterocycles. The highest BCUT2D eigenvalue weighted by Crippen LogP contribution is 2.24. The lowest BCUT2D eigenvalue weighted by Gasteiger charge is -2.32. The number of aliphatic hydroxyl groups excluding tert-OH is 1. The van der Waals surface area contributed by atoms with Gasteiger partial charge in [-0.1, -0.05) is 0 Å². The van der Waals surface area contributed by atoms with Crippen LogP contribution in [0.25, 0.3) is 0 Å². The zero-order valence-corrected chi connectivity index (χ0v) is 5.65. The van der Waals surface area contributed by atoms with Gasteiger partial charge in [0.25, 0.3) is 0 Å². The second-order valence-corrected chi connectivity index (χ2v) is 2.48. The molecule has 2 atom stereocenters. The summed E-state index contributed by atoms with van der Waals surface area (Å²) in [4.78, 5) is 10.4. The van der Waals surface area contributed by atoms with Crippen LogP contribution in [0, 0.1) is 5.92 Å². The number of hydrogen-bond acceptors (Lipinski definition) is 4. The van der Waals surface area contributed by atoms with Crippen LogP contribution in [0.5, 0.6) is 0 Å². The van der Waals surface area contributed by atoms with Crippen molar-refractivity contribution in [2.45, 2.75) is 25.7 Å². The van der Waals surface area contributed by atoms with Gasteiger partial charge in [0.15, 0.2) is 6.29 Å². The Hall–Kier alpha value is -0.610. The molecule has 1 heterocycles. The van der Waals surface area contributed by atoms with E-state index in [0.717, 1.165) is 0 Å². The fourth-order valence-corrected chi connectivity index (χ4v) is 0.898. The summed E-state index contributed by atoms with van der Waals surface area (Å²) in [6, 6.07) is 0. The fourth-order valence-electron chi connectivity index (χ4n) is 0.898. The molecule has 0 amide bonds. The first-order chi connectivity index (χ1) is 4.61. The van der Waals surface area contributed by atoms with Crippen molar-refractivity contribution in [3.63, 3.8) is 0 Å². The van der Waals surface area contributed by atoms with Crippen LogP contribution in [-0.4, -0.2) is 28.6 Å². The Kier molecular flexibility index (Phi) is 1.92. The minimum absolute atomic E-state index is 0.118. The number of aliphatic hydroxyl groups is 2. The van der Waals surface area contributed by atoms with Gasteiger partial charge >= 0.3 is 5.97 Å². The van der Waals surface area contributed by atoms with E-state index in [9.17, 15) is 4.79 Å². The summed E-state index contributed by atoms with van der Waals surface area (Å²) in [7, 11) is 0. The molecule has 0 aromatic carbocycles. The Morgan fingerprint density at radius 1 is 1.70 bits per heavy atom. The maximum atomic E-state index is 10.4. The van der Waals surface area contributed by atoms with Crippen molar-refractivity contribution in [2.24, 2.45) is 5.92 Å². The third kappa shape index (κ3) is 1.27. The summed E-state index contributed by atoms with van der Waals surface area (Å²) in [5.74, 6) is -0.438. The van der Waals surface area contributed by atoms with E-state index in [0.29, 0.717) is 0 Å². The molecule has 0 aromatic rings. The van der Waals surface area contributed by atoms with Crippen LogP contribution >= 0.6 is 0 Å². The Morgan fingerprint density at radius 3 is 2.60 bits per heavy atom. The molecule has 1 saturated heterocycles. The molecule has 0 radical (unpaired) electrons. The van der Waals surface area contributed by atoms with Crippen LogP contribution in [0.1, 0.15) is 13.3 Å². The molecule has 58 valence electrons. The van der Waals surface area contributed by atoms with Gasteiger partial charge in [-0.3, -0.25) is 4.79 Å². The van der Waals surface area contributed by atoms with Crippen molar-refractivity contribution in [1.29, 1.82) is 0 Å². The summed E-state index contributed by atoms with van der Waals surface area (Å²) in [6.07, 6.45) is -1.56. The average molecular weight is 146 g/mol. The quantitative estimate of drug-likeness (QED) is 0.397. The molecule has 0 saturated carbocycles. The Morgan fingerprint density at radius 2 is 2.30 bits per heavy atom. The topological polar surface area (TPSA) is 66.8 Å². The van der Waals surface area contributed by atoms with E-state index in [1.165, 1.54) is 0 Å². The molecule has 0 bridgehead atoms. The van der Waals surface area contributed by atoms with Crippen molar-refractivity contribution in [3.05, 3.63) is 0 Å². The van der Waals surface area contributed by atoms with Crippen LogP contribution in [0.15, 0.2) is 0 Å². The van der Waals surface area contributed by atoms with Gasteiger partial charge in [0, 0.05) is 6.42 Å². The second-order valence-electron chi connectivity index (χ2n) is 2.48. The van der Waals surface area contributed by atoms with Gasteiger partial charge in [0.05, 0.1) is 5.92 Å². The highest BCUT2D eigenvalue weighted by molar-refractivity contribution is 5.77. The zero-order chi connectivity index (χ0) is 7.72. The van der Waals surface area contributed by atoms with E-state index in [2.05, 4.69) is 4.74 Å². The largest absolute Gasteiger partial charge is 0.461 e. The Balaban J connectivity index is 2.27. The number of hydrogen-bond donors (Lipinski definition) is 2. The monoisotopic (exact) mass is 146 g/mol. The standard InChI is InChI=1S/C6H10O4/c1-3-4(2-5(7)8)10-6(3)9/h3-5,7-8H,2H2,1H3/t3-,4-/m1/s1. The molecule has 1 aliphatic rings. The summed E-state index contributed by atoms with van der Waals surface area (Å²) in [6.45, 7) is 1.71. The molecule has 4 heteroatoms. The van der Waals surface area contributed by atoms with E-state index in [-0.39, 0.29) is 24.4 Å². The molecule has 0 aliphatic carbocycles. The Bertz CT molecular complexity index is 143. The normalized spacial score (nSPS) is 31.8. The molecule has 10 heavy (non-hydrogen) atoms. The van der Waals surface area contributed by atoms with Crippen molar-refractivity contribution in [1.82, 2.24) is 0 Å². The van der Waals surface area contributed by atoms with Gasteiger partial charge in [-0.2, -0.15) is 0 Å². The van der Waals surface area contributed by atoms with Crippen LogP contribution in [0.4, 0.5) is 0 Å². The highest BCUT2D eigenvalue weighted by Gasteiger charge is 2.39. The SMILES string of the molecule is C[C@H]1C(=O)O[C@@H]1CC(O)O. The number of carbonyl (C=O) groups excluding carboxylic acids is 1. The van der Waals surface area contributed by atoms with E-state index in [1.807, 2.05) is 0 Å². The number of ether oxygens (including phenoxy) is 1. The third-order valence-corrected chi connectivity index (χ3v) is 1.64. The second kappa shape index (κ2) is 2.56. The zero-order valence-electron chi connectivity index (χ0n) is 5.65. The molecular weight excluding hydrogens is 136 g/mol. The molecule has 4 nitrogen and oxygen atoms in total. The van der Waals surface area contributed by atoms with Crippen molar-refractivity contribution in [3.8, 4) is 0 Å². The maximum absolute atomic E-state index is 10.4. The molecule has 0 spiro atoms. The van der Waals surface area contributed by atoms with Crippen molar-refractivity contribution < 1.29 is 19.7 Å². The van der Waals surface area contributed by atoms with Crippen LogP contribution in [0.2, 0.25) is 0 Å². The van der Waals surface area contributed by atoms with Gasteiger partial charge in [-0.15, -0.1) is 0 Å². The van der Waals surface area contributed by atoms with Crippen molar-refractivity contribution >= 4 is 5.97 Å². The van der Waals surface area contributed by atoms with Gasteiger partial charge in [-0.25, -0.2) is 0 Å². The minimum Gasteiger partial charge on any atom is -0.461 e. The van der Waals surface area contributed by atoms with Gasteiger partial charge < -0.3 is 14.9 Å². The molecule has 0 unspecified atom stereocenters. The van der Waals surface area contributed by atoms with Gasteiger partial charge in [-0.05, 0) is 6.92 Å². The maximum Gasteiger partial charge on any atom is 0.312 e. The minimum atomic E-state index is -1.37. The molecule has 1 fully saturated rings. The first kappa shape index (κ1) is 7.50. The summed E-state index contributed by atoms with van der Waals surface area (Å²) < 4.78 is 4.60. The first-order valence-electron chi connectivity index (χ1n) is 3.18. The summed E-state index contributed by atoms with van der Waals surface area (Å²) in [5, 5.41) is 16.9. The number of cyclic esters (lactones) is 1. The highest BCUT2D eigenvalue weighted by atomic mass is 16.6. The number of rotatable bonds is 2. The van der Waals surface area contributed by atoms with Gasteiger partial charge in [0.2, 0.25) is 0 Å². The predicted octanol–water partition coefficient (Wildman–Crippen LogP) is -0.751. The lowest BCUT2D eigenvalue weighted by atomic mass is 9.96. The van der Waals surface area contributed by atoms with E-state index in [1.54, 1.807) is 6.92 Å². The van der Waals surface area contributed by atoms with E-state index in [4.69, 9.17) is 10.2 Å². The van der Waals surface area contributed by atoms with Gasteiger partial charge in [0.1, 0.15) is 6.10 Å². The van der Waals surface area contributed by atoms with Crippen molar-refractivity contribution in [2.75, 3.05) is 0 Å². The lowest BCUT2D eigenvalue weighted by molar-refractivity contribution is -0.191. The van der Waals surface area contributed by atoms with E-state index >= 15 is 0 Å². The van der Waals surface area contributed by atoms with Crippen LogP contribution < -0.4 is 0 Å². The predicted molar refractivity (Wildman–Crippen MR) is 31.9 cm³/mol. The average Bonchev–Trinajstić information content (AvgIpc) is 1.86. The molecule has 2 N–H and O–H groups in total. The molecule has 1 aliphatic heterocycles. The third-order valence-electron chi connectivity index (χ3n) is 1.64. The fraction of sp³-hybridized carbons (Fsp3) is 0.833. The summed E-state index contributed by atoms with van der Waals surface area (Å²) >= 11 is 0.